The van der Waals surface area contributed by atoms with Gasteiger partial charge in [-0.05, 0) is 12.1 Å². The molecule has 0 spiro atoms. The van der Waals surface area contributed by atoms with Crippen LogP contribution in [0.1, 0.15) is 18.5 Å². The number of hydrogen-bond acceptors (Lipinski definition) is 4. The van der Waals surface area contributed by atoms with E-state index in [9.17, 15) is 17.6 Å². The van der Waals surface area contributed by atoms with Crippen LogP contribution in [0.4, 0.5) is 17.6 Å². The number of nitrogens with zero attached hydrogens (tertiary/aromatic N) is 5. The number of fused-ring (bicyclic) bond motifs is 1. The number of pyridine rings is 1. The molecule has 0 saturated heterocycles. The van der Waals surface area contributed by atoms with E-state index in [0.29, 0.717) is 10.4 Å². The Labute approximate surface area is 115 Å². The average Bonchev–Trinajstić information content (AvgIpc) is 2.90. The molecular formula is C12H7F4N5. The molecule has 0 radical (unpaired) electrons. The van der Waals surface area contributed by atoms with E-state index in [-0.39, 0.29) is 22.4 Å². The van der Waals surface area contributed by atoms with Crippen LogP contribution in [0.25, 0.3) is 22.6 Å². The van der Waals surface area contributed by atoms with Crippen molar-refractivity contribution in [3.8, 4) is 11.4 Å². The lowest BCUT2D eigenvalue weighted by molar-refractivity contribution is 0.0608. The molecule has 0 aliphatic carbocycles. The smallest absolute Gasteiger partial charge is 0.254 e. The van der Waals surface area contributed by atoms with E-state index in [1.54, 1.807) is 0 Å². The highest BCUT2D eigenvalue weighted by molar-refractivity contribution is 5.72. The van der Waals surface area contributed by atoms with E-state index in [0.717, 1.165) is 12.4 Å². The van der Waals surface area contributed by atoms with Crippen LogP contribution >= 0.6 is 0 Å². The Kier molecular flexibility index (Phi) is 3.24. The van der Waals surface area contributed by atoms with Gasteiger partial charge in [-0.1, -0.05) is 0 Å². The summed E-state index contributed by atoms with van der Waals surface area (Å²) in [6.45, 7) is -2.81. The molecule has 3 aromatic rings. The summed E-state index contributed by atoms with van der Waals surface area (Å²) in [4.78, 5) is 11.8. The second-order valence-electron chi connectivity index (χ2n) is 4.11. The van der Waals surface area contributed by atoms with Crippen molar-refractivity contribution in [3.05, 3.63) is 36.3 Å². The zero-order valence-electron chi connectivity index (χ0n) is 10.3. The van der Waals surface area contributed by atoms with Crippen molar-refractivity contribution >= 4 is 11.2 Å². The molecule has 0 saturated carbocycles. The van der Waals surface area contributed by atoms with Crippen LogP contribution in [0.3, 0.4) is 0 Å². The average molecular weight is 297 g/mol. The number of alkyl halides is 4. The van der Waals surface area contributed by atoms with Gasteiger partial charge in [0.2, 0.25) is 0 Å². The van der Waals surface area contributed by atoms with Gasteiger partial charge in [-0.15, -0.1) is 0 Å². The molecule has 0 aromatic carbocycles. The molecule has 21 heavy (non-hydrogen) atoms. The molecule has 3 rings (SSSR count). The summed E-state index contributed by atoms with van der Waals surface area (Å²) >= 11 is 0. The minimum absolute atomic E-state index is 0.0575. The summed E-state index contributed by atoms with van der Waals surface area (Å²) in [6.07, 6.45) is 0.831. The maximum Gasteiger partial charge on any atom is 0.335 e. The van der Waals surface area contributed by atoms with Gasteiger partial charge in [0, 0.05) is 11.8 Å². The lowest BCUT2D eigenvalue weighted by atomic mass is 10.2. The predicted molar refractivity (Wildman–Crippen MR) is 64.8 cm³/mol. The molecule has 3 aromatic heterocycles. The van der Waals surface area contributed by atoms with Crippen LogP contribution in [0, 0.1) is 0 Å². The first-order valence-corrected chi connectivity index (χ1v) is 5.79. The topological polar surface area (TPSA) is 56.5 Å². The van der Waals surface area contributed by atoms with E-state index in [1.807, 2.05) is 0 Å². The first-order valence-electron chi connectivity index (χ1n) is 5.79. The Morgan fingerprint density at radius 2 is 1.71 bits per heavy atom. The Hall–Kier alpha value is -2.58. The molecular weight excluding hydrogens is 290 g/mol. The van der Waals surface area contributed by atoms with E-state index in [1.165, 1.54) is 18.3 Å². The molecule has 0 N–H and O–H groups in total. The zero-order chi connectivity index (χ0) is 15.0. The van der Waals surface area contributed by atoms with Gasteiger partial charge in [0.1, 0.15) is 11.2 Å². The second-order valence-corrected chi connectivity index (χ2v) is 4.11. The van der Waals surface area contributed by atoms with Crippen molar-refractivity contribution in [2.75, 3.05) is 0 Å². The highest BCUT2D eigenvalue weighted by Crippen LogP contribution is 2.22. The van der Waals surface area contributed by atoms with Crippen LogP contribution in [0.2, 0.25) is 0 Å². The number of aromatic nitrogens is 5. The number of halogens is 4. The van der Waals surface area contributed by atoms with Crippen molar-refractivity contribution in [2.24, 2.45) is 0 Å². The highest BCUT2D eigenvalue weighted by Gasteiger charge is 2.15. The van der Waals surface area contributed by atoms with Crippen molar-refractivity contribution in [2.45, 2.75) is 13.0 Å². The van der Waals surface area contributed by atoms with E-state index < -0.39 is 13.0 Å². The first-order chi connectivity index (χ1) is 10.1. The third kappa shape index (κ3) is 2.41. The molecule has 0 unspecified atom stereocenters. The van der Waals surface area contributed by atoms with Crippen molar-refractivity contribution < 1.29 is 17.6 Å². The van der Waals surface area contributed by atoms with E-state index in [4.69, 9.17) is 0 Å². The lowest BCUT2D eigenvalue weighted by Crippen LogP contribution is -2.01. The van der Waals surface area contributed by atoms with Crippen LogP contribution in [-0.4, -0.2) is 24.7 Å². The monoisotopic (exact) mass is 297 g/mol. The normalized spacial score (nSPS) is 11.7. The van der Waals surface area contributed by atoms with E-state index in [2.05, 4.69) is 20.1 Å². The fourth-order valence-corrected chi connectivity index (χ4v) is 1.78. The van der Waals surface area contributed by atoms with Gasteiger partial charge in [-0.25, -0.2) is 18.7 Å². The summed E-state index contributed by atoms with van der Waals surface area (Å²) in [7, 11) is 0. The minimum Gasteiger partial charge on any atom is -0.254 e. The van der Waals surface area contributed by atoms with Crippen LogP contribution < -0.4 is 0 Å². The summed E-state index contributed by atoms with van der Waals surface area (Å²) < 4.78 is 50.6. The molecule has 0 atom stereocenters. The molecule has 0 aliphatic heterocycles. The minimum atomic E-state index is -2.81. The Balaban J connectivity index is 2.01. The summed E-state index contributed by atoms with van der Waals surface area (Å²) in [5, 5.41) is 3.49. The highest BCUT2D eigenvalue weighted by atomic mass is 19.3. The third-order valence-electron chi connectivity index (χ3n) is 2.79. The molecule has 0 fully saturated rings. The lowest BCUT2D eigenvalue weighted by Gasteiger charge is -2.03. The maximum atomic E-state index is 12.6. The first kappa shape index (κ1) is 13.4. The van der Waals surface area contributed by atoms with Gasteiger partial charge in [0.25, 0.3) is 6.43 Å². The summed E-state index contributed by atoms with van der Waals surface area (Å²) in [6, 6.07) is 2.59. The van der Waals surface area contributed by atoms with Crippen molar-refractivity contribution in [3.63, 3.8) is 0 Å². The van der Waals surface area contributed by atoms with Crippen LogP contribution in [0.15, 0.2) is 30.7 Å². The Bertz CT molecular complexity index is 769. The third-order valence-corrected chi connectivity index (χ3v) is 2.79. The Morgan fingerprint density at radius 1 is 0.905 bits per heavy atom. The molecule has 9 heteroatoms. The molecule has 108 valence electrons. The molecule has 5 nitrogen and oxygen atoms in total. The van der Waals surface area contributed by atoms with Crippen molar-refractivity contribution in [1.82, 2.24) is 24.7 Å². The van der Waals surface area contributed by atoms with Crippen LogP contribution in [0.5, 0.6) is 0 Å². The number of hydrogen-bond donors (Lipinski definition) is 0. The quantitative estimate of drug-likeness (QED) is 0.696. The molecule has 0 amide bonds. The largest absolute Gasteiger partial charge is 0.335 e. The predicted octanol–water partition coefficient (Wildman–Crippen LogP) is 3.22. The van der Waals surface area contributed by atoms with Gasteiger partial charge < -0.3 is 0 Å². The second kappa shape index (κ2) is 5.08. The zero-order valence-corrected chi connectivity index (χ0v) is 10.3. The van der Waals surface area contributed by atoms with Gasteiger partial charge >= 0.3 is 6.55 Å². The van der Waals surface area contributed by atoms with Crippen LogP contribution in [-0.2, 0) is 0 Å². The van der Waals surface area contributed by atoms with Gasteiger partial charge in [-0.3, -0.25) is 4.98 Å². The van der Waals surface area contributed by atoms with Gasteiger partial charge in [0.05, 0.1) is 18.1 Å². The fraction of sp³-hybridized carbons (Fsp3) is 0.167. The maximum absolute atomic E-state index is 12.6. The molecule has 0 aliphatic rings. The van der Waals surface area contributed by atoms with Gasteiger partial charge in [0.15, 0.2) is 5.65 Å². The molecule has 0 bridgehead atoms. The van der Waals surface area contributed by atoms with Gasteiger partial charge in [-0.2, -0.15) is 18.6 Å². The summed E-state index contributed by atoms with van der Waals surface area (Å²) in [5.74, 6) is 0. The molecule has 3 heterocycles. The van der Waals surface area contributed by atoms with E-state index >= 15 is 0 Å². The standard InChI is InChI=1S/C12H7F4N5/c13-10(14)6-1-2-7(17-3-6)8-4-18-11-9(20-8)5-19-21(11)12(15)16/h1-5,10,12H. The SMILES string of the molecule is FC(F)c1ccc(-c2cnc3c(cnn3C(F)F)n2)nc1. The fourth-order valence-electron chi connectivity index (χ4n) is 1.78. The van der Waals surface area contributed by atoms with Crippen molar-refractivity contribution in [1.29, 1.82) is 0 Å². The number of rotatable bonds is 3. The Morgan fingerprint density at radius 3 is 2.33 bits per heavy atom. The summed E-state index contributed by atoms with van der Waals surface area (Å²) in [5.41, 5.74) is 0.513.